The van der Waals surface area contributed by atoms with Gasteiger partial charge in [0.1, 0.15) is 0 Å². The van der Waals surface area contributed by atoms with Crippen molar-refractivity contribution >= 4 is 49.1 Å². The van der Waals surface area contributed by atoms with Gasteiger partial charge in [-0.3, -0.25) is 4.40 Å². The first-order chi connectivity index (χ1) is 20.8. The lowest BCUT2D eigenvalue weighted by atomic mass is 10.0. The molecule has 0 saturated carbocycles. The summed E-state index contributed by atoms with van der Waals surface area (Å²) in [5, 5.41) is 15.4. The van der Waals surface area contributed by atoms with Gasteiger partial charge in [-0.25, -0.2) is 0 Å². The summed E-state index contributed by atoms with van der Waals surface area (Å²) in [4.78, 5) is 0. The van der Waals surface area contributed by atoms with Gasteiger partial charge in [-0.1, -0.05) is 115 Å². The number of benzene rings is 6. The van der Waals surface area contributed by atoms with Crippen molar-refractivity contribution in [2.24, 2.45) is 0 Å². The zero-order chi connectivity index (χ0) is 27.6. The molecule has 0 N–H and O–H groups in total. The van der Waals surface area contributed by atoms with E-state index >= 15 is 0 Å². The standard InChI is InChI=1S/C38H24N4/c1-2-13-33-29(9-1)30-10-3-8-16-36(30)42-37(39-40-38(33)42)27-19-17-25(18-20-27)26-21-23-28(24-22-26)41-34-14-6-4-11-31(34)32-12-5-7-15-35(32)41/h1-24H. The van der Waals surface area contributed by atoms with Crippen LogP contribution in [-0.4, -0.2) is 19.2 Å². The molecular formula is C38H24N4. The van der Waals surface area contributed by atoms with Crippen LogP contribution in [0.15, 0.2) is 146 Å². The molecule has 0 atom stereocenters. The maximum absolute atomic E-state index is 4.67. The molecule has 6 aromatic carbocycles. The average molecular weight is 537 g/mol. The van der Waals surface area contributed by atoms with Crippen molar-refractivity contribution in [3.05, 3.63) is 146 Å². The predicted molar refractivity (Wildman–Crippen MR) is 173 cm³/mol. The second-order valence-corrected chi connectivity index (χ2v) is 10.7. The zero-order valence-electron chi connectivity index (χ0n) is 22.6. The highest BCUT2D eigenvalue weighted by molar-refractivity contribution is 6.12. The molecule has 42 heavy (non-hydrogen) atoms. The number of hydrogen-bond acceptors (Lipinski definition) is 2. The molecule has 0 fully saturated rings. The van der Waals surface area contributed by atoms with Crippen molar-refractivity contribution in [2.75, 3.05) is 0 Å². The van der Waals surface area contributed by atoms with Gasteiger partial charge in [-0.15, -0.1) is 10.2 Å². The van der Waals surface area contributed by atoms with Gasteiger partial charge in [0, 0.05) is 32.8 Å². The molecular weight excluding hydrogens is 512 g/mol. The molecule has 0 aliphatic rings. The Morgan fingerprint density at radius 1 is 0.357 bits per heavy atom. The highest BCUT2D eigenvalue weighted by Gasteiger charge is 2.16. The number of para-hydroxylation sites is 3. The van der Waals surface area contributed by atoms with Gasteiger partial charge in [0.25, 0.3) is 0 Å². The molecule has 0 unspecified atom stereocenters. The highest BCUT2D eigenvalue weighted by atomic mass is 15.2. The number of pyridine rings is 1. The molecule has 196 valence electrons. The predicted octanol–water partition coefficient (Wildman–Crippen LogP) is 9.47. The van der Waals surface area contributed by atoms with Crippen LogP contribution in [0.2, 0.25) is 0 Å². The lowest BCUT2D eigenvalue weighted by Gasteiger charge is -2.11. The van der Waals surface area contributed by atoms with Gasteiger partial charge in [0.2, 0.25) is 0 Å². The summed E-state index contributed by atoms with van der Waals surface area (Å²) in [7, 11) is 0. The van der Waals surface area contributed by atoms with Gasteiger partial charge in [-0.05, 0) is 46.8 Å². The topological polar surface area (TPSA) is 35.1 Å². The van der Waals surface area contributed by atoms with Crippen molar-refractivity contribution < 1.29 is 0 Å². The number of fused-ring (bicyclic) bond motifs is 9. The second kappa shape index (κ2) is 8.88. The summed E-state index contributed by atoms with van der Waals surface area (Å²) < 4.78 is 4.54. The Bertz CT molecular complexity index is 2390. The van der Waals surface area contributed by atoms with Crippen LogP contribution in [0.1, 0.15) is 0 Å². The Balaban J connectivity index is 1.12. The minimum Gasteiger partial charge on any atom is -0.309 e. The quantitative estimate of drug-likeness (QED) is 0.211. The first kappa shape index (κ1) is 23.0. The smallest absolute Gasteiger partial charge is 0.169 e. The molecule has 0 spiro atoms. The first-order valence-corrected chi connectivity index (χ1v) is 14.2. The summed E-state index contributed by atoms with van der Waals surface area (Å²) >= 11 is 0. The van der Waals surface area contributed by atoms with Gasteiger partial charge in [0.05, 0.1) is 16.6 Å². The molecule has 0 bridgehead atoms. The fraction of sp³-hybridized carbons (Fsp3) is 0. The van der Waals surface area contributed by atoms with Gasteiger partial charge >= 0.3 is 0 Å². The van der Waals surface area contributed by atoms with E-state index in [-0.39, 0.29) is 0 Å². The summed E-state index contributed by atoms with van der Waals surface area (Å²) in [6.07, 6.45) is 0. The molecule has 3 aromatic heterocycles. The van der Waals surface area contributed by atoms with Crippen LogP contribution < -0.4 is 0 Å². The maximum atomic E-state index is 4.67. The SMILES string of the molecule is c1ccc2c(c1)c1ccccc1n1c(-c3ccc(-c4ccc(-n5c6ccccc6c6ccccc65)cc4)cc3)nnc21. The zero-order valence-corrected chi connectivity index (χ0v) is 22.6. The summed E-state index contributed by atoms with van der Waals surface area (Å²) in [6, 6.07) is 51.6. The fourth-order valence-electron chi connectivity index (χ4n) is 6.50. The third-order valence-electron chi connectivity index (χ3n) is 8.45. The molecule has 4 heteroatoms. The Hall–Kier alpha value is -5.74. The molecule has 0 saturated heterocycles. The molecule has 9 rings (SSSR count). The first-order valence-electron chi connectivity index (χ1n) is 14.2. The molecule has 0 amide bonds. The second-order valence-electron chi connectivity index (χ2n) is 10.7. The van der Waals surface area contributed by atoms with Crippen LogP contribution in [0, 0.1) is 0 Å². The van der Waals surface area contributed by atoms with E-state index in [0.717, 1.165) is 39.2 Å². The normalized spacial score (nSPS) is 11.8. The van der Waals surface area contributed by atoms with E-state index in [9.17, 15) is 0 Å². The van der Waals surface area contributed by atoms with Crippen molar-refractivity contribution in [2.45, 2.75) is 0 Å². The lowest BCUT2D eigenvalue weighted by Crippen LogP contribution is -1.94. The van der Waals surface area contributed by atoms with Gasteiger partial charge in [0.15, 0.2) is 11.5 Å². The van der Waals surface area contributed by atoms with Gasteiger partial charge < -0.3 is 4.57 Å². The van der Waals surface area contributed by atoms with E-state index in [1.54, 1.807) is 0 Å². The molecule has 0 aliphatic heterocycles. The summed E-state index contributed by atoms with van der Waals surface area (Å²) in [5.74, 6) is 0.847. The fourth-order valence-corrected chi connectivity index (χ4v) is 6.50. The van der Waals surface area contributed by atoms with E-state index in [2.05, 4.69) is 165 Å². The molecule has 9 aromatic rings. The summed E-state index contributed by atoms with van der Waals surface area (Å²) in [6.45, 7) is 0. The highest BCUT2D eigenvalue weighted by Crippen LogP contribution is 2.34. The van der Waals surface area contributed by atoms with Crippen LogP contribution >= 0.6 is 0 Å². The largest absolute Gasteiger partial charge is 0.309 e. The number of aromatic nitrogens is 4. The lowest BCUT2D eigenvalue weighted by molar-refractivity contribution is 1.12. The average Bonchev–Trinajstić information content (AvgIpc) is 3.66. The minimum atomic E-state index is 0.847. The maximum Gasteiger partial charge on any atom is 0.169 e. The third kappa shape index (κ3) is 3.29. The van der Waals surface area contributed by atoms with Crippen molar-refractivity contribution in [1.29, 1.82) is 0 Å². The number of rotatable bonds is 3. The van der Waals surface area contributed by atoms with Crippen molar-refractivity contribution in [1.82, 2.24) is 19.2 Å². The third-order valence-corrected chi connectivity index (χ3v) is 8.45. The van der Waals surface area contributed by atoms with E-state index in [1.807, 2.05) is 0 Å². The van der Waals surface area contributed by atoms with Crippen molar-refractivity contribution in [3.63, 3.8) is 0 Å². The van der Waals surface area contributed by atoms with E-state index < -0.39 is 0 Å². The Kier molecular flexibility index (Phi) is 4.87. The summed E-state index contributed by atoms with van der Waals surface area (Å²) in [5.41, 5.74) is 8.95. The number of hydrogen-bond donors (Lipinski definition) is 0. The molecule has 3 heterocycles. The van der Waals surface area contributed by atoms with Crippen LogP contribution in [0.3, 0.4) is 0 Å². The Morgan fingerprint density at radius 2 is 0.810 bits per heavy atom. The monoisotopic (exact) mass is 536 g/mol. The Labute approximate surface area is 241 Å². The van der Waals surface area contributed by atoms with E-state index in [1.165, 1.54) is 38.1 Å². The Morgan fingerprint density at radius 3 is 1.43 bits per heavy atom. The van der Waals surface area contributed by atoms with Crippen LogP contribution in [-0.2, 0) is 0 Å². The van der Waals surface area contributed by atoms with Gasteiger partial charge in [-0.2, -0.15) is 0 Å². The van der Waals surface area contributed by atoms with E-state index in [0.29, 0.717) is 0 Å². The number of nitrogens with zero attached hydrogens (tertiary/aromatic N) is 4. The van der Waals surface area contributed by atoms with Crippen LogP contribution in [0.25, 0.3) is 77.3 Å². The van der Waals surface area contributed by atoms with Crippen molar-refractivity contribution in [3.8, 4) is 28.2 Å². The molecule has 4 nitrogen and oxygen atoms in total. The molecule has 0 radical (unpaired) electrons. The minimum absolute atomic E-state index is 0.847. The van der Waals surface area contributed by atoms with Crippen LogP contribution in [0.4, 0.5) is 0 Å². The molecule has 0 aliphatic carbocycles. The van der Waals surface area contributed by atoms with E-state index in [4.69, 9.17) is 0 Å². The van der Waals surface area contributed by atoms with Crippen LogP contribution in [0.5, 0.6) is 0 Å².